The van der Waals surface area contributed by atoms with Crippen LogP contribution in [0.3, 0.4) is 0 Å². The SMILES string of the molecule is CCOC1CCN(C(=NC)NCCNc2ncc(Cl)cc2Cl)CC1.I. The van der Waals surface area contributed by atoms with Gasteiger partial charge < -0.3 is 20.3 Å². The molecule has 0 saturated carbocycles. The Morgan fingerprint density at radius 3 is 2.68 bits per heavy atom. The van der Waals surface area contributed by atoms with E-state index in [1.54, 1.807) is 12.3 Å². The van der Waals surface area contributed by atoms with Gasteiger partial charge in [-0.2, -0.15) is 0 Å². The Morgan fingerprint density at radius 1 is 1.36 bits per heavy atom. The second-order valence-corrected chi connectivity index (χ2v) is 6.37. The smallest absolute Gasteiger partial charge is 0.193 e. The van der Waals surface area contributed by atoms with Gasteiger partial charge in [-0.25, -0.2) is 4.98 Å². The number of nitrogens with zero attached hydrogens (tertiary/aromatic N) is 3. The molecule has 0 atom stereocenters. The number of rotatable bonds is 6. The van der Waals surface area contributed by atoms with Crippen molar-refractivity contribution < 1.29 is 4.74 Å². The highest BCUT2D eigenvalue weighted by Gasteiger charge is 2.21. The highest BCUT2D eigenvalue weighted by molar-refractivity contribution is 14.0. The number of nitrogens with one attached hydrogen (secondary N) is 2. The van der Waals surface area contributed by atoms with E-state index in [0.717, 1.165) is 45.0 Å². The first-order valence-corrected chi connectivity index (χ1v) is 9.01. The van der Waals surface area contributed by atoms with Gasteiger partial charge in [-0.05, 0) is 25.8 Å². The van der Waals surface area contributed by atoms with Gasteiger partial charge in [-0.15, -0.1) is 24.0 Å². The van der Waals surface area contributed by atoms with Gasteiger partial charge >= 0.3 is 0 Å². The minimum absolute atomic E-state index is 0. The monoisotopic (exact) mass is 501 g/mol. The van der Waals surface area contributed by atoms with E-state index < -0.39 is 0 Å². The Morgan fingerprint density at radius 2 is 2.08 bits per heavy atom. The molecule has 6 nitrogen and oxygen atoms in total. The highest BCUT2D eigenvalue weighted by Crippen LogP contribution is 2.22. The van der Waals surface area contributed by atoms with Crippen LogP contribution in [-0.2, 0) is 4.74 Å². The van der Waals surface area contributed by atoms with Crippen molar-refractivity contribution in [3.8, 4) is 0 Å². The number of ether oxygens (including phenoxy) is 1. The molecule has 2 heterocycles. The summed E-state index contributed by atoms with van der Waals surface area (Å²) in [7, 11) is 1.81. The van der Waals surface area contributed by atoms with Gasteiger partial charge in [-0.3, -0.25) is 4.99 Å². The summed E-state index contributed by atoms with van der Waals surface area (Å²) in [5, 5.41) is 7.60. The maximum absolute atomic E-state index is 6.09. The van der Waals surface area contributed by atoms with Gasteiger partial charge in [0.05, 0.1) is 16.1 Å². The molecule has 9 heteroatoms. The van der Waals surface area contributed by atoms with Crippen molar-refractivity contribution >= 4 is 59.0 Å². The van der Waals surface area contributed by atoms with E-state index in [4.69, 9.17) is 27.9 Å². The van der Waals surface area contributed by atoms with Crippen LogP contribution in [0.1, 0.15) is 19.8 Å². The zero-order chi connectivity index (χ0) is 17.4. The third-order valence-corrected chi connectivity index (χ3v) is 4.36. The van der Waals surface area contributed by atoms with Crippen molar-refractivity contribution in [3.63, 3.8) is 0 Å². The molecular weight excluding hydrogens is 476 g/mol. The first-order valence-electron chi connectivity index (χ1n) is 8.26. The third-order valence-electron chi connectivity index (χ3n) is 3.86. The van der Waals surface area contributed by atoms with Crippen molar-refractivity contribution in [2.24, 2.45) is 4.99 Å². The molecule has 1 aliphatic rings. The van der Waals surface area contributed by atoms with Crippen LogP contribution in [0.15, 0.2) is 17.3 Å². The number of pyridine rings is 1. The van der Waals surface area contributed by atoms with Crippen molar-refractivity contribution in [1.29, 1.82) is 0 Å². The number of halogens is 3. The summed E-state index contributed by atoms with van der Waals surface area (Å²) >= 11 is 11.9. The van der Waals surface area contributed by atoms with E-state index in [1.807, 2.05) is 14.0 Å². The average molecular weight is 502 g/mol. The summed E-state index contributed by atoms with van der Waals surface area (Å²) in [5.41, 5.74) is 0. The van der Waals surface area contributed by atoms with Crippen LogP contribution < -0.4 is 10.6 Å². The fourth-order valence-corrected chi connectivity index (χ4v) is 3.15. The summed E-state index contributed by atoms with van der Waals surface area (Å²) in [6.07, 6.45) is 4.03. The largest absolute Gasteiger partial charge is 0.378 e. The molecule has 0 aromatic carbocycles. The molecule has 1 aromatic rings. The molecule has 0 amide bonds. The molecule has 0 bridgehead atoms. The first kappa shape index (κ1) is 22.5. The van der Waals surface area contributed by atoms with E-state index in [0.29, 0.717) is 28.5 Å². The molecule has 1 aromatic heterocycles. The van der Waals surface area contributed by atoms with Crippen LogP contribution in [-0.4, -0.2) is 61.8 Å². The van der Waals surface area contributed by atoms with Gasteiger partial charge in [0.25, 0.3) is 0 Å². The third kappa shape index (κ3) is 7.32. The Kier molecular flexibility index (Phi) is 10.8. The fraction of sp³-hybridized carbons (Fsp3) is 0.625. The summed E-state index contributed by atoms with van der Waals surface area (Å²) in [5.74, 6) is 1.55. The normalized spacial score (nSPS) is 15.7. The maximum Gasteiger partial charge on any atom is 0.193 e. The summed E-state index contributed by atoms with van der Waals surface area (Å²) < 4.78 is 5.69. The van der Waals surface area contributed by atoms with Gasteiger partial charge in [0, 0.05) is 46.0 Å². The molecule has 1 aliphatic heterocycles. The second-order valence-electron chi connectivity index (χ2n) is 5.53. The van der Waals surface area contributed by atoms with Gasteiger partial charge in [0.2, 0.25) is 0 Å². The molecule has 2 rings (SSSR count). The number of aromatic nitrogens is 1. The molecule has 2 N–H and O–H groups in total. The van der Waals surface area contributed by atoms with E-state index in [-0.39, 0.29) is 24.0 Å². The standard InChI is InChI=1S/C16H25Cl2N5O.HI/c1-3-24-13-4-8-23(9-5-13)16(19-2)21-7-6-20-15-14(18)10-12(17)11-22-15;/h10-11,13H,3-9H2,1-2H3,(H,19,21)(H,20,22);1H. The molecule has 142 valence electrons. The minimum atomic E-state index is 0. The lowest BCUT2D eigenvalue weighted by atomic mass is 10.1. The van der Waals surface area contributed by atoms with E-state index in [1.165, 1.54) is 0 Å². The van der Waals surface area contributed by atoms with Crippen LogP contribution in [0.2, 0.25) is 10.0 Å². The van der Waals surface area contributed by atoms with Crippen molar-refractivity contribution in [2.75, 3.05) is 45.2 Å². The zero-order valence-electron chi connectivity index (χ0n) is 14.6. The zero-order valence-corrected chi connectivity index (χ0v) is 18.4. The van der Waals surface area contributed by atoms with Crippen molar-refractivity contribution in [2.45, 2.75) is 25.9 Å². The molecule has 0 spiro atoms. The van der Waals surface area contributed by atoms with Crippen molar-refractivity contribution in [3.05, 3.63) is 22.3 Å². The number of piperidine rings is 1. The fourth-order valence-electron chi connectivity index (χ4n) is 2.70. The Labute approximate surface area is 176 Å². The molecule has 0 unspecified atom stereocenters. The van der Waals surface area contributed by atoms with Crippen molar-refractivity contribution in [1.82, 2.24) is 15.2 Å². The second kappa shape index (κ2) is 12.0. The van der Waals surface area contributed by atoms with Crippen LogP contribution in [0.25, 0.3) is 0 Å². The van der Waals surface area contributed by atoms with E-state index in [2.05, 4.69) is 25.5 Å². The predicted octanol–water partition coefficient (Wildman–Crippen LogP) is 3.49. The Balaban J connectivity index is 0.00000312. The Bertz CT molecular complexity index is 553. The van der Waals surface area contributed by atoms with Crippen LogP contribution in [0.5, 0.6) is 0 Å². The quantitative estimate of drug-likeness (QED) is 0.270. The van der Waals surface area contributed by atoms with E-state index in [9.17, 15) is 0 Å². The average Bonchev–Trinajstić information content (AvgIpc) is 2.58. The van der Waals surface area contributed by atoms with E-state index >= 15 is 0 Å². The summed E-state index contributed by atoms with van der Waals surface area (Å²) in [6.45, 7) is 6.15. The number of anilines is 1. The summed E-state index contributed by atoms with van der Waals surface area (Å²) in [6, 6.07) is 1.67. The predicted molar refractivity (Wildman–Crippen MR) is 116 cm³/mol. The lowest BCUT2D eigenvalue weighted by Crippen LogP contribution is -2.47. The number of likely N-dealkylation sites (tertiary alicyclic amines) is 1. The summed E-state index contributed by atoms with van der Waals surface area (Å²) in [4.78, 5) is 10.8. The Hall–Kier alpha value is -0.510. The molecule has 0 radical (unpaired) electrons. The number of hydrogen-bond acceptors (Lipinski definition) is 4. The topological polar surface area (TPSA) is 61.8 Å². The van der Waals surface area contributed by atoms with Crippen LogP contribution in [0.4, 0.5) is 5.82 Å². The van der Waals surface area contributed by atoms with Gasteiger partial charge in [0.1, 0.15) is 5.82 Å². The molecular formula is C16H26Cl2IN5O. The lowest BCUT2D eigenvalue weighted by Gasteiger charge is -2.34. The molecule has 0 aliphatic carbocycles. The van der Waals surface area contributed by atoms with Gasteiger partial charge in [-0.1, -0.05) is 23.2 Å². The minimum Gasteiger partial charge on any atom is -0.378 e. The number of aliphatic imine (C=N–C) groups is 1. The first-order chi connectivity index (χ1) is 11.6. The molecule has 1 fully saturated rings. The van der Waals surface area contributed by atoms with Gasteiger partial charge in [0.15, 0.2) is 5.96 Å². The highest BCUT2D eigenvalue weighted by atomic mass is 127. The number of guanidine groups is 1. The lowest BCUT2D eigenvalue weighted by molar-refractivity contribution is 0.0264. The maximum atomic E-state index is 6.09. The number of hydrogen-bond donors (Lipinski definition) is 2. The molecule has 1 saturated heterocycles. The van der Waals surface area contributed by atoms with Crippen LogP contribution >= 0.6 is 47.2 Å². The molecule has 25 heavy (non-hydrogen) atoms. The van der Waals surface area contributed by atoms with Crippen LogP contribution in [0, 0.1) is 0 Å².